The molecule has 7 rings (SSSR count). The van der Waals surface area contributed by atoms with Crippen molar-refractivity contribution >= 4 is 5.78 Å². The number of hydrogen-bond acceptors (Lipinski definition) is 3. The Labute approximate surface area is 182 Å². The predicted molar refractivity (Wildman–Crippen MR) is 115 cm³/mol. The zero-order chi connectivity index (χ0) is 20.7. The molecule has 9 unspecified atom stereocenters. The van der Waals surface area contributed by atoms with Crippen LogP contribution in [0.25, 0.3) is 0 Å². The second-order valence-corrected chi connectivity index (χ2v) is 13.4. The molecule has 7 aliphatic rings. The Morgan fingerprint density at radius 1 is 1.00 bits per heavy atom. The summed E-state index contributed by atoms with van der Waals surface area (Å²) in [6.45, 7) is 10.7. The molecule has 166 valence electrons. The van der Waals surface area contributed by atoms with Gasteiger partial charge < -0.3 is 9.47 Å². The molecule has 12 atom stereocenters. The smallest absolute Gasteiger partial charge is 0.171 e. The van der Waals surface area contributed by atoms with Crippen LogP contribution in [0.4, 0.5) is 0 Å². The lowest BCUT2D eigenvalue weighted by Gasteiger charge is -2.58. The molecule has 0 radical (unpaired) electrons. The maximum Gasteiger partial charge on any atom is 0.171 e. The van der Waals surface area contributed by atoms with Gasteiger partial charge in [-0.2, -0.15) is 0 Å². The van der Waals surface area contributed by atoms with Crippen molar-refractivity contribution < 1.29 is 14.3 Å². The number of hydrogen-bond donors (Lipinski definition) is 0. The highest BCUT2D eigenvalue weighted by Gasteiger charge is 2.78. The zero-order valence-corrected chi connectivity index (χ0v) is 19.4. The maximum absolute atomic E-state index is 13.5. The average Bonchev–Trinajstić information content (AvgIpc) is 3.17. The van der Waals surface area contributed by atoms with E-state index in [-0.39, 0.29) is 11.2 Å². The van der Waals surface area contributed by atoms with E-state index < -0.39 is 0 Å². The molecule has 2 spiro atoms. The van der Waals surface area contributed by atoms with Gasteiger partial charge in [-0.05, 0) is 91.3 Å². The van der Waals surface area contributed by atoms with Crippen LogP contribution in [0.1, 0.15) is 85.5 Å². The second-order valence-electron chi connectivity index (χ2n) is 13.4. The largest absolute Gasteiger partial charge is 0.349 e. The van der Waals surface area contributed by atoms with Crippen LogP contribution in [-0.4, -0.2) is 24.3 Å². The van der Waals surface area contributed by atoms with Gasteiger partial charge in [0.1, 0.15) is 5.78 Å². The van der Waals surface area contributed by atoms with Crippen LogP contribution in [0, 0.1) is 57.7 Å². The molecule has 0 bridgehead atoms. The Kier molecular flexibility index (Phi) is 3.54. The van der Waals surface area contributed by atoms with Gasteiger partial charge in [0.2, 0.25) is 0 Å². The van der Waals surface area contributed by atoms with E-state index in [9.17, 15) is 4.79 Å². The Bertz CT molecular complexity index is 798. The van der Waals surface area contributed by atoms with Crippen LogP contribution in [-0.2, 0) is 14.3 Å². The summed E-state index contributed by atoms with van der Waals surface area (Å²) in [7, 11) is 0. The molecule has 0 aromatic rings. The molecule has 2 aliphatic heterocycles. The summed E-state index contributed by atoms with van der Waals surface area (Å²) in [5.74, 6) is 4.86. The molecular weight excluding hydrogens is 372 g/mol. The molecule has 0 aromatic heterocycles. The monoisotopic (exact) mass is 412 g/mol. The topological polar surface area (TPSA) is 35.5 Å². The van der Waals surface area contributed by atoms with Gasteiger partial charge in [0.05, 0.1) is 12.7 Å². The van der Waals surface area contributed by atoms with E-state index in [1.165, 1.54) is 44.9 Å². The van der Waals surface area contributed by atoms with Crippen molar-refractivity contribution in [3.8, 4) is 0 Å². The highest BCUT2D eigenvalue weighted by Crippen LogP contribution is 2.81. The third-order valence-electron chi connectivity index (χ3n) is 12.6. The summed E-state index contributed by atoms with van der Waals surface area (Å²) in [6.07, 6.45) is 11.2. The van der Waals surface area contributed by atoms with Crippen molar-refractivity contribution in [2.75, 3.05) is 6.61 Å². The quantitative estimate of drug-likeness (QED) is 0.519. The van der Waals surface area contributed by atoms with E-state index in [1.54, 1.807) is 0 Å². The fourth-order valence-electron chi connectivity index (χ4n) is 11.0. The fraction of sp³-hybridized carbons (Fsp3) is 0.963. The Morgan fingerprint density at radius 2 is 1.83 bits per heavy atom. The molecule has 3 nitrogen and oxygen atoms in total. The van der Waals surface area contributed by atoms with Gasteiger partial charge in [-0.1, -0.05) is 27.7 Å². The summed E-state index contributed by atoms with van der Waals surface area (Å²) in [4.78, 5) is 13.5. The second kappa shape index (κ2) is 5.56. The van der Waals surface area contributed by atoms with Crippen LogP contribution in [0.3, 0.4) is 0 Å². The number of rotatable bonds is 0. The molecule has 0 N–H and O–H groups in total. The molecule has 2 heterocycles. The fourth-order valence-corrected chi connectivity index (χ4v) is 11.0. The standard InChI is InChI=1S/C27H40O3/c1-15-5-10-27(29-14-15)16(2)23-21(30-27)12-20-18-11-22(28)26-13-17(26)6-9-25(26,4)19(18)7-8-24(20,23)3/h15-21,23H,5-14H2,1-4H3/t15-,16+,17?,18?,19?,20?,21?,23?,24?,25?,26?,27-/m1/s1. The van der Waals surface area contributed by atoms with Gasteiger partial charge in [-0.3, -0.25) is 4.79 Å². The van der Waals surface area contributed by atoms with Crippen LogP contribution in [0.15, 0.2) is 0 Å². The van der Waals surface area contributed by atoms with E-state index in [0.717, 1.165) is 31.3 Å². The van der Waals surface area contributed by atoms with Crippen molar-refractivity contribution in [2.45, 2.75) is 97.4 Å². The Hall–Kier alpha value is -0.410. The maximum atomic E-state index is 13.5. The number of ether oxygens (including phenoxy) is 2. The molecule has 3 heteroatoms. The van der Waals surface area contributed by atoms with Crippen molar-refractivity contribution in [1.82, 2.24) is 0 Å². The van der Waals surface area contributed by atoms with Crippen molar-refractivity contribution in [3.05, 3.63) is 0 Å². The average molecular weight is 413 g/mol. The first kappa shape index (κ1) is 19.1. The highest BCUT2D eigenvalue weighted by atomic mass is 16.7. The van der Waals surface area contributed by atoms with Gasteiger partial charge in [0.15, 0.2) is 5.79 Å². The van der Waals surface area contributed by atoms with Crippen LogP contribution < -0.4 is 0 Å². The third-order valence-corrected chi connectivity index (χ3v) is 12.6. The minimum absolute atomic E-state index is 0.108. The first-order valence-electron chi connectivity index (χ1n) is 13.1. The van der Waals surface area contributed by atoms with Crippen LogP contribution in [0.2, 0.25) is 0 Å². The molecule has 5 saturated carbocycles. The molecule has 0 aromatic carbocycles. The Balaban J connectivity index is 1.21. The van der Waals surface area contributed by atoms with Crippen molar-refractivity contribution in [2.24, 2.45) is 57.7 Å². The van der Waals surface area contributed by atoms with Crippen molar-refractivity contribution in [1.29, 1.82) is 0 Å². The Morgan fingerprint density at radius 3 is 2.57 bits per heavy atom. The van der Waals surface area contributed by atoms with E-state index in [0.29, 0.717) is 52.3 Å². The normalized spacial score (nSPS) is 65.7. The lowest BCUT2D eigenvalue weighted by atomic mass is 9.45. The van der Waals surface area contributed by atoms with Crippen molar-refractivity contribution in [3.63, 3.8) is 0 Å². The number of ketones is 1. The molecule has 30 heavy (non-hydrogen) atoms. The molecular formula is C27H40O3. The van der Waals surface area contributed by atoms with Gasteiger partial charge >= 0.3 is 0 Å². The minimum Gasteiger partial charge on any atom is -0.349 e. The molecule has 0 amide bonds. The van der Waals surface area contributed by atoms with Gasteiger partial charge in [0.25, 0.3) is 0 Å². The van der Waals surface area contributed by atoms with E-state index in [2.05, 4.69) is 27.7 Å². The summed E-state index contributed by atoms with van der Waals surface area (Å²) >= 11 is 0. The molecule has 2 saturated heterocycles. The highest BCUT2D eigenvalue weighted by molar-refractivity contribution is 5.91. The van der Waals surface area contributed by atoms with E-state index in [4.69, 9.17) is 9.47 Å². The number of fused-ring (bicyclic) bond motifs is 6. The first-order valence-corrected chi connectivity index (χ1v) is 13.1. The van der Waals surface area contributed by atoms with Gasteiger partial charge in [-0.15, -0.1) is 0 Å². The van der Waals surface area contributed by atoms with E-state index in [1.807, 2.05) is 0 Å². The lowest BCUT2D eigenvalue weighted by Crippen LogP contribution is -2.56. The SMILES string of the molecule is C[C@@H]1CC[C@@]2(OC1)OC1CC3C4CC(=O)C56CC5CCC6(C)C4CCC3(C)C1[C@@H]2C. The van der Waals surface area contributed by atoms with Gasteiger partial charge in [0, 0.05) is 24.2 Å². The number of carbonyl (C=O) groups is 1. The number of Topliss-reactive ketones (excluding diaryl/α,β-unsaturated/α-hetero) is 1. The first-order chi connectivity index (χ1) is 14.3. The summed E-state index contributed by atoms with van der Waals surface area (Å²) in [5.41, 5.74) is 0.730. The van der Waals surface area contributed by atoms with E-state index >= 15 is 0 Å². The molecule has 7 fully saturated rings. The number of carbonyl (C=O) groups excluding carboxylic acids is 1. The van der Waals surface area contributed by atoms with Crippen LogP contribution >= 0.6 is 0 Å². The third kappa shape index (κ3) is 1.93. The molecule has 5 aliphatic carbocycles. The summed E-state index contributed by atoms with van der Waals surface area (Å²) < 4.78 is 13.3. The predicted octanol–water partition coefficient (Wildman–Crippen LogP) is 5.61. The van der Waals surface area contributed by atoms with Crippen LogP contribution in [0.5, 0.6) is 0 Å². The zero-order valence-electron chi connectivity index (χ0n) is 19.4. The summed E-state index contributed by atoms with van der Waals surface area (Å²) in [5, 5.41) is 0. The van der Waals surface area contributed by atoms with Gasteiger partial charge in [-0.25, -0.2) is 0 Å². The lowest BCUT2D eigenvalue weighted by molar-refractivity contribution is -0.272. The minimum atomic E-state index is -0.322. The summed E-state index contributed by atoms with van der Waals surface area (Å²) in [6, 6.07) is 0.